The molecule has 3 aromatic carbocycles. The van der Waals surface area contributed by atoms with Crippen LogP contribution in [0, 0.1) is 0 Å². The Labute approximate surface area is 188 Å². The first-order valence-electron chi connectivity index (χ1n) is 11.4. The van der Waals surface area contributed by atoms with E-state index in [0.29, 0.717) is 0 Å². The highest BCUT2D eigenvalue weighted by atomic mass is 15.1. The van der Waals surface area contributed by atoms with Gasteiger partial charge in [0.15, 0.2) is 0 Å². The molecule has 0 bridgehead atoms. The zero-order valence-electron chi connectivity index (χ0n) is 19.9. The van der Waals surface area contributed by atoms with Crippen molar-refractivity contribution in [2.45, 2.75) is 47.0 Å². The highest BCUT2D eigenvalue weighted by Gasteiger charge is 2.36. The van der Waals surface area contributed by atoms with Gasteiger partial charge in [-0.05, 0) is 65.9 Å². The van der Waals surface area contributed by atoms with Crippen LogP contribution in [0.4, 0.5) is 11.4 Å². The molecule has 0 atom stereocenters. The van der Waals surface area contributed by atoms with E-state index >= 15 is 0 Å². The van der Waals surface area contributed by atoms with Crippen molar-refractivity contribution in [3.63, 3.8) is 0 Å². The molecule has 3 aromatic rings. The molecule has 0 aromatic heterocycles. The van der Waals surface area contributed by atoms with E-state index in [-0.39, 0.29) is 5.41 Å². The van der Waals surface area contributed by atoms with Crippen LogP contribution in [0.25, 0.3) is 16.7 Å². The lowest BCUT2D eigenvalue weighted by Crippen LogP contribution is -2.20. The van der Waals surface area contributed by atoms with Crippen LogP contribution in [-0.4, -0.2) is 6.54 Å². The second-order valence-electron chi connectivity index (χ2n) is 8.19. The van der Waals surface area contributed by atoms with E-state index in [4.69, 9.17) is 0 Å². The predicted molar refractivity (Wildman–Crippen MR) is 138 cm³/mol. The van der Waals surface area contributed by atoms with Crippen LogP contribution in [0.2, 0.25) is 0 Å². The van der Waals surface area contributed by atoms with Crippen molar-refractivity contribution in [3.05, 3.63) is 102 Å². The topological polar surface area (TPSA) is 3.24 Å². The molecule has 0 unspecified atom stereocenters. The minimum atomic E-state index is -0.0166. The molecule has 0 saturated heterocycles. The standard InChI is InChI=1S/C28H29N.C2H6/c1-6-13-20(3)23-18-24-22-16-11-12-17-25(22)28(4,5)26(24)19-27(23)29(7-2)21-14-9-8-10-15-21;1-2/h6,8-19H,3,7H2,1-2,4-5H3;1-2H3/b13-6-;. The summed E-state index contributed by atoms with van der Waals surface area (Å²) in [6, 6.07) is 24.2. The Morgan fingerprint density at radius 3 is 2.19 bits per heavy atom. The number of hydrogen-bond donors (Lipinski definition) is 0. The second kappa shape index (κ2) is 9.39. The van der Waals surface area contributed by atoms with E-state index in [0.717, 1.165) is 12.1 Å². The van der Waals surface area contributed by atoms with Gasteiger partial charge in [0.05, 0.1) is 0 Å². The second-order valence-corrected chi connectivity index (χ2v) is 8.19. The molecule has 31 heavy (non-hydrogen) atoms. The van der Waals surface area contributed by atoms with Gasteiger partial charge < -0.3 is 4.90 Å². The number of rotatable bonds is 5. The molecule has 1 aliphatic carbocycles. The van der Waals surface area contributed by atoms with Gasteiger partial charge in [-0.15, -0.1) is 0 Å². The number of allylic oxidation sites excluding steroid dienone is 3. The van der Waals surface area contributed by atoms with Crippen LogP contribution >= 0.6 is 0 Å². The minimum Gasteiger partial charge on any atom is -0.341 e. The average Bonchev–Trinajstić information content (AvgIpc) is 3.03. The van der Waals surface area contributed by atoms with E-state index in [1.54, 1.807) is 0 Å². The first kappa shape index (κ1) is 22.6. The first-order chi connectivity index (χ1) is 15.0. The Balaban J connectivity index is 0.00000132. The fraction of sp³-hybridized carbons (Fsp3) is 0.267. The maximum Gasteiger partial charge on any atom is 0.0493 e. The molecule has 0 spiro atoms. The molecule has 0 aliphatic heterocycles. The zero-order chi connectivity index (χ0) is 22.6. The zero-order valence-corrected chi connectivity index (χ0v) is 19.9. The quantitative estimate of drug-likeness (QED) is 0.381. The number of para-hydroxylation sites is 1. The lowest BCUT2D eigenvalue weighted by Gasteiger charge is -2.29. The normalized spacial score (nSPS) is 13.2. The number of fused-ring (bicyclic) bond motifs is 3. The summed E-state index contributed by atoms with van der Waals surface area (Å²) in [5.74, 6) is 0. The predicted octanol–water partition coefficient (Wildman–Crippen LogP) is 8.77. The summed E-state index contributed by atoms with van der Waals surface area (Å²) in [7, 11) is 0. The van der Waals surface area contributed by atoms with Crippen molar-refractivity contribution in [2.24, 2.45) is 0 Å². The van der Waals surface area contributed by atoms with Gasteiger partial charge in [0.2, 0.25) is 0 Å². The lowest BCUT2D eigenvalue weighted by atomic mass is 9.81. The molecule has 4 rings (SSSR count). The smallest absolute Gasteiger partial charge is 0.0493 e. The van der Waals surface area contributed by atoms with Crippen LogP contribution in [0.3, 0.4) is 0 Å². The summed E-state index contributed by atoms with van der Waals surface area (Å²) in [6.07, 6.45) is 4.17. The molecule has 0 radical (unpaired) electrons. The third kappa shape index (κ3) is 3.97. The summed E-state index contributed by atoms with van der Waals surface area (Å²) in [6.45, 7) is 18.2. The van der Waals surface area contributed by atoms with Gasteiger partial charge in [0, 0.05) is 28.9 Å². The Morgan fingerprint density at radius 2 is 1.55 bits per heavy atom. The molecule has 0 amide bonds. The third-order valence-electron chi connectivity index (χ3n) is 6.09. The maximum atomic E-state index is 4.39. The largest absolute Gasteiger partial charge is 0.341 e. The van der Waals surface area contributed by atoms with Gasteiger partial charge in [-0.3, -0.25) is 0 Å². The van der Waals surface area contributed by atoms with Crippen LogP contribution in [-0.2, 0) is 5.41 Å². The number of benzene rings is 3. The number of anilines is 2. The molecular formula is C30H35N. The van der Waals surface area contributed by atoms with E-state index in [9.17, 15) is 0 Å². The molecule has 1 heteroatoms. The summed E-state index contributed by atoms with van der Waals surface area (Å²) in [4.78, 5) is 2.39. The minimum absolute atomic E-state index is 0.0166. The Kier molecular flexibility index (Phi) is 6.85. The van der Waals surface area contributed by atoms with Gasteiger partial charge in [-0.25, -0.2) is 0 Å². The number of nitrogens with zero attached hydrogens (tertiary/aromatic N) is 1. The maximum absolute atomic E-state index is 4.39. The Morgan fingerprint density at radius 1 is 0.903 bits per heavy atom. The molecule has 0 fully saturated rings. The molecule has 0 heterocycles. The summed E-state index contributed by atoms with van der Waals surface area (Å²) in [5, 5.41) is 0. The number of hydrogen-bond acceptors (Lipinski definition) is 1. The van der Waals surface area contributed by atoms with Crippen LogP contribution in [0.5, 0.6) is 0 Å². The molecular weight excluding hydrogens is 374 g/mol. The van der Waals surface area contributed by atoms with Gasteiger partial charge >= 0.3 is 0 Å². The van der Waals surface area contributed by atoms with Crippen molar-refractivity contribution in [1.82, 2.24) is 0 Å². The summed E-state index contributed by atoms with van der Waals surface area (Å²) < 4.78 is 0. The fourth-order valence-electron chi connectivity index (χ4n) is 4.61. The lowest BCUT2D eigenvalue weighted by molar-refractivity contribution is 0.660. The summed E-state index contributed by atoms with van der Waals surface area (Å²) >= 11 is 0. The monoisotopic (exact) mass is 409 g/mol. The van der Waals surface area contributed by atoms with Gasteiger partial charge in [-0.2, -0.15) is 0 Å². The van der Waals surface area contributed by atoms with E-state index in [1.165, 1.54) is 39.2 Å². The van der Waals surface area contributed by atoms with Crippen LogP contribution < -0.4 is 4.90 Å². The molecule has 0 N–H and O–H groups in total. The highest BCUT2D eigenvalue weighted by Crippen LogP contribution is 2.51. The van der Waals surface area contributed by atoms with Crippen LogP contribution in [0.1, 0.15) is 58.2 Å². The van der Waals surface area contributed by atoms with Crippen molar-refractivity contribution in [3.8, 4) is 11.1 Å². The average molecular weight is 410 g/mol. The van der Waals surface area contributed by atoms with Gasteiger partial charge in [-0.1, -0.05) is 88.9 Å². The fourth-order valence-corrected chi connectivity index (χ4v) is 4.61. The SMILES string of the molecule is C=C(/C=C\C)c1cc2c(cc1N(CC)c1ccccc1)C(C)(C)c1ccccc1-2.CC. The van der Waals surface area contributed by atoms with Crippen LogP contribution in [0.15, 0.2) is 85.5 Å². The molecule has 0 saturated carbocycles. The van der Waals surface area contributed by atoms with Crippen molar-refractivity contribution in [1.29, 1.82) is 0 Å². The molecule has 1 aliphatic rings. The van der Waals surface area contributed by atoms with Crippen molar-refractivity contribution < 1.29 is 0 Å². The van der Waals surface area contributed by atoms with Crippen molar-refractivity contribution >= 4 is 16.9 Å². The Bertz CT molecular complexity index is 1090. The molecule has 1 nitrogen and oxygen atoms in total. The first-order valence-corrected chi connectivity index (χ1v) is 11.4. The van der Waals surface area contributed by atoms with E-state index in [1.807, 2.05) is 20.8 Å². The van der Waals surface area contributed by atoms with E-state index < -0.39 is 0 Å². The highest BCUT2D eigenvalue weighted by molar-refractivity contribution is 5.91. The molecule has 160 valence electrons. The van der Waals surface area contributed by atoms with Crippen molar-refractivity contribution in [2.75, 3.05) is 11.4 Å². The third-order valence-corrected chi connectivity index (χ3v) is 6.09. The Hall–Kier alpha value is -3.06. The van der Waals surface area contributed by atoms with Gasteiger partial charge in [0.25, 0.3) is 0 Å². The van der Waals surface area contributed by atoms with E-state index in [2.05, 4.69) is 111 Å². The van der Waals surface area contributed by atoms with Gasteiger partial charge in [0.1, 0.15) is 0 Å². The summed E-state index contributed by atoms with van der Waals surface area (Å²) in [5.41, 5.74) is 10.1.